The SMILES string of the molecule is CSC1CCCC(=O)N1. The Morgan fingerprint density at radius 1 is 1.78 bits per heavy atom. The van der Waals surface area contributed by atoms with Crippen LogP contribution in [0.2, 0.25) is 0 Å². The summed E-state index contributed by atoms with van der Waals surface area (Å²) in [5.41, 5.74) is 0. The molecule has 1 saturated heterocycles. The predicted molar refractivity (Wildman–Crippen MR) is 39.3 cm³/mol. The lowest BCUT2D eigenvalue weighted by Gasteiger charge is -2.20. The maximum atomic E-state index is 10.7. The molecule has 0 spiro atoms. The van der Waals surface area contributed by atoms with Crippen LogP contribution in [0, 0.1) is 0 Å². The van der Waals surface area contributed by atoms with Crippen LogP contribution in [0.5, 0.6) is 0 Å². The molecule has 0 saturated carbocycles. The van der Waals surface area contributed by atoms with Crippen LogP contribution in [0.15, 0.2) is 0 Å². The van der Waals surface area contributed by atoms with Gasteiger partial charge >= 0.3 is 0 Å². The van der Waals surface area contributed by atoms with E-state index in [0.29, 0.717) is 5.37 Å². The summed E-state index contributed by atoms with van der Waals surface area (Å²) in [6.07, 6.45) is 4.93. The molecular weight excluding hydrogens is 134 g/mol. The van der Waals surface area contributed by atoms with Gasteiger partial charge in [0.1, 0.15) is 0 Å². The molecule has 0 aliphatic carbocycles. The third-order valence-electron chi connectivity index (χ3n) is 1.48. The normalized spacial score (nSPS) is 27.7. The summed E-state index contributed by atoms with van der Waals surface area (Å²) in [5, 5.41) is 3.27. The van der Waals surface area contributed by atoms with Gasteiger partial charge in [-0.25, -0.2) is 0 Å². The highest BCUT2D eigenvalue weighted by Gasteiger charge is 2.15. The van der Waals surface area contributed by atoms with Crippen LogP contribution in [-0.4, -0.2) is 17.5 Å². The Balaban J connectivity index is 2.32. The smallest absolute Gasteiger partial charge is 0.220 e. The first-order valence-corrected chi connectivity index (χ1v) is 4.44. The molecule has 1 aliphatic rings. The third-order valence-corrected chi connectivity index (χ3v) is 2.40. The molecule has 1 aliphatic heterocycles. The maximum absolute atomic E-state index is 10.7. The second-order valence-electron chi connectivity index (χ2n) is 2.18. The van der Waals surface area contributed by atoms with Gasteiger partial charge in [-0.2, -0.15) is 0 Å². The number of hydrogen-bond acceptors (Lipinski definition) is 2. The van der Waals surface area contributed by atoms with Crippen LogP contribution in [0.4, 0.5) is 0 Å². The molecule has 1 N–H and O–H groups in total. The first-order chi connectivity index (χ1) is 4.33. The highest BCUT2D eigenvalue weighted by atomic mass is 32.2. The van der Waals surface area contributed by atoms with Crippen LogP contribution < -0.4 is 5.32 Å². The number of nitrogens with one attached hydrogen (secondary N) is 1. The van der Waals surface area contributed by atoms with E-state index in [9.17, 15) is 4.79 Å². The maximum Gasteiger partial charge on any atom is 0.220 e. The minimum Gasteiger partial charge on any atom is -0.344 e. The molecule has 1 amide bonds. The molecule has 1 fully saturated rings. The Hall–Kier alpha value is -0.180. The lowest BCUT2D eigenvalue weighted by Crippen LogP contribution is -2.36. The van der Waals surface area contributed by atoms with Gasteiger partial charge in [-0.15, -0.1) is 11.8 Å². The second kappa shape index (κ2) is 3.11. The molecule has 52 valence electrons. The van der Waals surface area contributed by atoms with Crippen LogP contribution in [0.25, 0.3) is 0 Å². The fraction of sp³-hybridized carbons (Fsp3) is 0.833. The Labute approximate surface area is 59.4 Å². The number of amides is 1. The number of piperidine rings is 1. The van der Waals surface area contributed by atoms with Crippen molar-refractivity contribution in [1.82, 2.24) is 5.32 Å². The number of rotatable bonds is 1. The molecule has 0 bridgehead atoms. The number of hydrogen-bond donors (Lipinski definition) is 1. The highest BCUT2D eigenvalue weighted by molar-refractivity contribution is 7.99. The van der Waals surface area contributed by atoms with Gasteiger partial charge in [0, 0.05) is 6.42 Å². The largest absolute Gasteiger partial charge is 0.344 e. The zero-order chi connectivity index (χ0) is 6.69. The molecule has 1 heterocycles. The average Bonchev–Trinajstić information content (AvgIpc) is 1.88. The van der Waals surface area contributed by atoms with Crippen molar-refractivity contribution in [2.45, 2.75) is 24.6 Å². The number of carbonyl (C=O) groups is 1. The first-order valence-electron chi connectivity index (χ1n) is 3.15. The minimum absolute atomic E-state index is 0.209. The number of carbonyl (C=O) groups excluding carboxylic acids is 1. The summed E-state index contributed by atoms with van der Waals surface area (Å²) >= 11 is 1.72. The molecule has 0 radical (unpaired) electrons. The van der Waals surface area contributed by atoms with E-state index >= 15 is 0 Å². The molecule has 1 unspecified atom stereocenters. The monoisotopic (exact) mass is 145 g/mol. The Morgan fingerprint density at radius 3 is 3.00 bits per heavy atom. The van der Waals surface area contributed by atoms with E-state index in [0.717, 1.165) is 19.3 Å². The Morgan fingerprint density at radius 2 is 2.56 bits per heavy atom. The summed E-state index contributed by atoms with van der Waals surface area (Å²) < 4.78 is 0. The molecule has 1 atom stereocenters. The lowest BCUT2D eigenvalue weighted by molar-refractivity contribution is -0.122. The molecule has 9 heavy (non-hydrogen) atoms. The van der Waals surface area contributed by atoms with Gasteiger partial charge in [0.05, 0.1) is 5.37 Å². The predicted octanol–water partition coefficient (Wildman–Crippen LogP) is 0.976. The van der Waals surface area contributed by atoms with Crippen molar-refractivity contribution < 1.29 is 4.79 Å². The number of thioether (sulfide) groups is 1. The van der Waals surface area contributed by atoms with Gasteiger partial charge in [-0.05, 0) is 19.1 Å². The van der Waals surface area contributed by atoms with Crippen LogP contribution in [0.3, 0.4) is 0 Å². The van der Waals surface area contributed by atoms with E-state index < -0.39 is 0 Å². The van der Waals surface area contributed by atoms with E-state index in [1.165, 1.54) is 0 Å². The zero-order valence-corrected chi connectivity index (χ0v) is 6.33. The van der Waals surface area contributed by atoms with E-state index in [4.69, 9.17) is 0 Å². The van der Waals surface area contributed by atoms with Crippen LogP contribution >= 0.6 is 11.8 Å². The van der Waals surface area contributed by atoms with Crippen LogP contribution in [0.1, 0.15) is 19.3 Å². The molecule has 0 aromatic heterocycles. The summed E-state index contributed by atoms with van der Waals surface area (Å²) in [7, 11) is 0. The third kappa shape index (κ3) is 1.90. The van der Waals surface area contributed by atoms with Gasteiger partial charge < -0.3 is 5.32 Å². The van der Waals surface area contributed by atoms with Crippen molar-refractivity contribution >= 4 is 17.7 Å². The fourth-order valence-electron chi connectivity index (χ4n) is 0.949. The highest BCUT2D eigenvalue weighted by Crippen LogP contribution is 2.15. The van der Waals surface area contributed by atoms with Gasteiger partial charge in [-0.1, -0.05) is 0 Å². The first kappa shape index (κ1) is 6.93. The molecule has 1 rings (SSSR count). The summed E-state index contributed by atoms with van der Waals surface area (Å²) in [6.45, 7) is 0. The van der Waals surface area contributed by atoms with Crippen molar-refractivity contribution in [3.05, 3.63) is 0 Å². The van der Waals surface area contributed by atoms with Gasteiger partial charge in [0.15, 0.2) is 0 Å². The minimum atomic E-state index is 0.209. The van der Waals surface area contributed by atoms with Crippen LogP contribution in [-0.2, 0) is 4.79 Å². The topological polar surface area (TPSA) is 29.1 Å². The summed E-state index contributed by atoms with van der Waals surface area (Å²) in [6, 6.07) is 0. The lowest BCUT2D eigenvalue weighted by atomic mass is 10.2. The van der Waals surface area contributed by atoms with Crippen molar-refractivity contribution in [2.24, 2.45) is 0 Å². The van der Waals surface area contributed by atoms with E-state index in [1.54, 1.807) is 11.8 Å². The zero-order valence-electron chi connectivity index (χ0n) is 5.52. The van der Waals surface area contributed by atoms with E-state index in [2.05, 4.69) is 5.32 Å². The van der Waals surface area contributed by atoms with E-state index in [1.807, 2.05) is 6.26 Å². The van der Waals surface area contributed by atoms with E-state index in [-0.39, 0.29) is 5.91 Å². The Kier molecular flexibility index (Phi) is 2.39. The summed E-state index contributed by atoms with van der Waals surface area (Å²) in [4.78, 5) is 10.7. The molecule has 2 nitrogen and oxygen atoms in total. The molecule has 0 aromatic rings. The Bertz CT molecular complexity index is 116. The molecular formula is C6H11NOS. The quantitative estimate of drug-likeness (QED) is 0.596. The van der Waals surface area contributed by atoms with Crippen molar-refractivity contribution in [2.75, 3.05) is 6.26 Å². The second-order valence-corrected chi connectivity index (χ2v) is 3.22. The van der Waals surface area contributed by atoms with Crippen molar-refractivity contribution in [3.8, 4) is 0 Å². The molecule has 3 heteroatoms. The van der Waals surface area contributed by atoms with Crippen molar-refractivity contribution in [3.63, 3.8) is 0 Å². The molecule has 0 aromatic carbocycles. The standard InChI is InChI=1S/C6H11NOS/c1-9-6-4-2-3-5(8)7-6/h6H,2-4H2,1H3,(H,7,8). The average molecular weight is 145 g/mol. The van der Waals surface area contributed by atoms with Crippen molar-refractivity contribution in [1.29, 1.82) is 0 Å². The summed E-state index contributed by atoms with van der Waals surface area (Å²) in [5.74, 6) is 0.209. The fourth-order valence-corrected chi connectivity index (χ4v) is 1.60. The van der Waals surface area contributed by atoms with Gasteiger partial charge in [0.25, 0.3) is 0 Å². The van der Waals surface area contributed by atoms with Gasteiger partial charge in [-0.3, -0.25) is 4.79 Å². The van der Waals surface area contributed by atoms with Gasteiger partial charge in [0.2, 0.25) is 5.91 Å².